The van der Waals surface area contributed by atoms with E-state index in [1.807, 2.05) is 25.7 Å². The van der Waals surface area contributed by atoms with E-state index in [4.69, 9.17) is 10.5 Å². The number of ether oxygens (including phenoxy) is 1. The lowest BCUT2D eigenvalue weighted by Crippen LogP contribution is -2.48. The zero-order valence-electron chi connectivity index (χ0n) is 10.7. The highest BCUT2D eigenvalue weighted by Gasteiger charge is 2.32. The Hall–Kier alpha value is -0.610. The lowest BCUT2D eigenvalue weighted by Gasteiger charge is -2.36. The summed E-state index contributed by atoms with van der Waals surface area (Å²) in [5.41, 5.74) is 5.18. The summed E-state index contributed by atoms with van der Waals surface area (Å²) in [4.78, 5) is 14.0. The first-order chi connectivity index (χ1) is 7.51. The number of piperidine rings is 1. The van der Waals surface area contributed by atoms with Crippen LogP contribution in [0.15, 0.2) is 0 Å². The van der Waals surface area contributed by atoms with Crippen LogP contribution in [0.25, 0.3) is 0 Å². The molecule has 16 heavy (non-hydrogen) atoms. The molecule has 0 unspecified atom stereocenters. The molecule has 1 aliphatic heterocycles. The van der Waals surface area contributed by atoms with Crippen LogP contribution < -0.4 is 5.73 Å². The first-order valence-corrected chi connectivity index (χ1v) is 6.12. The summed E-state index contributed by atoms with van der Waals surface area (Å²) in [6.45, 7) is 8.58. The second kappa shape index (κ2) is 5.64. The van der Waals surface area contributed by atoms with Crippen LogP contribution in [0.1, 0.15) is 33.6 Å². The summed E-state index contributed by atoms with van der Waals surface area (Å²) in [5.74, 6) is 0.171. The Labute approximate surface area is 98.1 Å². The molecular weight excluding hydrogens is 204 g/mol. The van der Waals surface area contributed by atoms with E-state index in [-0.39, 0.29) is 5.91 Å². The second-order valence-electron chi connectivity index (χ2n) is 5.03. The van der Waals surface area contributed by atoms with Gasteiger partial charge in [-0.1, -0.05) is 0 Å². The Morgan fingerprint density at radius 1 is 1.44 bits per heavy atom. The van der Waals surface area contributed by atoms with E-state index in [2.05, 4.69) is 0 Å². The largest absolute Gasteiger partial charge is 0.378 e. The van der Waals surface area contributed by atoms with Crippen LogP contribution in [0.3, 0.4) is 0 Å². The van der Waals surface area contributed by atoms with Gasteiger partial charge >= 0.3 is 0 Å². The van der Waals surface area contributed by atoms with Crippen molar-refractivity contribution in [2.75, 3.05) is 26.2 Å². The van der Waals surface area contributed by atoms with E-state index >= 15 is 0 Å². The van der Waals surface area contributed by atoms with Crippen LogP contribution in [0.5, 0.6) is 0 Å². The number of nitrogens with two attached hydrogens (primary N) is 1. The minimum Gasteiger partial charge on any atom is -0.378 e. The smallest absolute Gasteiger partial charge is 0.229 e. The van der Waals surface area contributed by atoms with Crippen LogP contribution >= 0.6 is 0 Å². The molecule has 0 saturated carbocycles. The van der Waals surface area contributed by atoms with Crippen molar-refractivity contribution in [1.82, 2.24) is 4.90 Å². The van der Waals surface area contributed by atoms with Crippen molar-refractivity contribution < 1.29 is 9.53 Å². The van der Waals surface area contributed by atoms with Gasteiger partial charge in [0.25, 0.3) is 0 Å². The molecular formula is C12H24N2O2. The normalized spacial score (nSPS) is 18.9. The molecule has 4 nitrogen and oxygen atoms in total. The average Bonchev–Trinajstić information content (AvgIpc) is 2.29. The minimum atomic E-state index is -0.432. The second-order valence-corrected chi connectivity index (χ2v) is 5.03. The Morgan fingerprint density at radius 3 is 2.44 bits per heavy atom. The average molecular weight is 228 g/mol. The van der Waals surface area contributed by atoms with Crippen LogP contribution in [0.2, 0.25) is 0 Å². The highest BCUT2D eigenvalue weighted by molar-refractivity contribution is 5.82. The Balaban J connectivity index is 2.45. The maximum absolute atomic E-state index is 12.1. The Morgan fingerprint density at radius 2 is 2.00 bits per heavy atom. The van der Waals surface area contributed by atoms with Gasteiger partial charge in [0.15, 0.2) is 0 Å². The van der Waals surface area contributed by atoms with Gasteiger partial charge in [0.05, 0.1) is 11.5 Å². The number of carbonyl (C=O) groups excluding carboxylic acids is 1. The molecule has 0 spiro atoms. The fourth-order valence-corrected chi connectivity index (χ4v) is 1.98. The third-order valence-corrected chi connectivity index (χ3v) is 3.22. The van der Waals surface area contributed by atoms with Crippen LogP contribution in [-0.4, -0.2) is 43.2 Å². The highest BCUT2D eigenvalue weighted by atomic mass is 16.5. The zero-order valence-corrected chi connectivity index (χ0v) is 10.7. The van der Waals surface area contributed by atoms with Crippen LogP contribution in [0.4, 0.5) is 0 Å². The molecule has 0 aromatic carbocycles. The fraction of sp³-hybridized carbons (Fsp3) is 0.917. The maximum Gasteiger partial charge on any atom is 0.229 e. The van der Waals surface area contributed by atoms with Crippen LogP contribution in [0, 0.1) is 5.41 Å². The van der Waals surface area contributed by atoms with Gasteiger partial charge in [-0.3, -0.25) is 4.79 Å². The number of hydrogen-bond acceptors (Lipinski definition) is 3. The molecule has 1 amide bonds. The van der Waals surface area contributed by atoms with Crippen molar-refractivity contribution in [3.8, 4) is 0 Å². The van der Waals surface area contributed by atoms with Crippen molar-refractivity contribution in [2.24, 2.45) is 11.1 Å². The Bertz CT molecular complexity index is 233. The number of amides is 1. The number of hydrogen-bond donors (Lipinski definition) is 1. The summed E-state index contributed by atoms with van der Waals surface area (Å²) in [6, 6.07) is 0. The number of rotatable bonds is 4. The van der Waals surface area contributed by atoms with Crippen molar-refractivity contribution in [3.05, 3.63) is 0 Å². The molecule has 0 radical (unpaired) electrons. The van der Waals surface area contributed by atoms with Crippen molar-refractivity contribution in [2.45, 2.75) is 39.7 Å². The zero-order chi connectivity index (χ0) is 12.2. The summed E-state index contributed by atoms with van der Waals surface area (Å²) in [6.07, 6.45) is 2.22. The van der Waals surface area contributed by atoms with Gasteiger partial charge in [0, 0.05) is 26.2 Å². The number of carbonyl (C=O) groups is 1. The molecule has 0 aliphatic carbocycles. The monoisotopic (exact) mass is 228 g/mol. The summed E-state index contributed by atoms with van der Waals surface area (Å²) >= 11 is 0. The third-order valence-electron chi connectivity index (χ3n) is 3.22. The predicted octanol–water partition coefficient (Wildman–Crippen LogP) is 0.999. The van der Waals surface area contributed by atoms with Crippen molar-refractivity contribution in [1.29, 1.82) is 0 Å². The molecule has 0 aromatic heterocycles. The van der Waals surface area contributed by atoms with Crippen molar-refractivity contribution >= 4 is 5.91 Å². The van der Waals surface area contributed by atoms with E-state index in [0.717, 1.165) is 32.5 Å². The molecule has 94 valence electrons. The van der Waals surface area contributed by atoms with E-state index in [9.17, 15) is 4.79 Å². The van der Waals surface area contributed by atoms with E-state index in [1.165, 1.54) is 0 Å². The van der Waals surface area contributed by atoms with Crippen molar-refractivity contribution in [3.63, 3.8) is 0 Å². The van der Waals surface area contributed by atoms with Gasteiger partial charge in [-0.25, -0.2) is 0 Å². The molecule has 1 aliphatic rings. The first-order valence-electron chi connectivity index (χ1n) is 6.12. The predicted molar refractivity (Wildman–Crippen MR) is 64.1 cm³/mol. The molecule has 0 atom stereocenters. The molecule has 1 saturated heterocycles. The first kappa shape index (κ1) is 13.5. The van der Waals surface area contributed by atoms with E-state index in [0.29, 0.717) is 12.6 Å². The molecule has 1 heterocycles. The quantitative estimate of drug-likeness (QED) is 0.781. The van der Waals surface area contributed by atoms with Gasteiger partial charge in [-0.2, -0.15) is 0 Å². The topological polar surface area (TPSA) is 55.6 Å². The van der Waals surface area contributed by atoms with Gasteiger partial charge in [-0.15, -0.1) is 0 Å². The molecule has 2 N–H and O–H groups in total. The lowest BCUT2D eigenvalue weighted by molar-refractivity contribution is -0.142. The summed E-state index contributed by atoms with van der Waals surface area (Å²) in [5, 5.41) is 0. The molecule has 1 fully saturated rings. The lowest BCUT2D eigenvalue weighted by atomic mass is 9.91. The molecule has 0 bridgehead atoms. The minimum absolute atomic E-state index is 0.171. The molecule has 0 aromatic rings. The third kappa shape index (κ3) is 3.19. The standard InChI is InChI=1S/C12H24N2O2/c1-4-16-10-5-7-14(8-6-10)11(15)12(2,3)9-13/h10H,4-9,13H2,1-3H3. The van der Waals surface area contributed by atoms with Crippen LogP contribution in [-0.2, 0) is 9.53 Å². The fourth-order valence-electron chi connectivity index (χ4n) is 1.98. The van der Waals surface area contributed by atoms with Gasteiger partial charge in [0.2, 0.25) is 5.91 Å². The highest BCUT2D eigenvalue weighted by Crippen LogP contribution is 2.21. The van der Waals surface area contributed by atoms with E-state index < -0.39 is 5.41 Å². The molecule has 4 heteroatoms. The van der Waals surface area contributed by atoms with Gasteiger partial charge in [-0.05, 0) is 33.6 Å². The van der Waals surface area contributed by atoms with Gasteiger partial charge in [0.1, 0.15) is 0 Å². The maximum atomic E-state index is 12.1. The summed E-state index contributed by atoms with van der Waals surface area (Å²) in [7, 11) is 0. The summed E-state index contributed by atoms with van der Waals surface area (Å²) < 4.78 is 5.56. The SMILES string of the molecule is CCOC1CCN(C(=O)C(C)(C)CN)CC1. The van der Waals surface area contributed by atoms with Gasteiger partial charge < -0.3 is 15.4 Å². The number of likely N-dealkylation sites (tertiary alicyclic amines) is 1. The van der Waals surface area contributed by atoms with E-state index in [1.54, 1.807) is 0 Å². The number of nitrogens with zero attached hydrogens (tertiary/aromatic N) is 1. The molecule has 1 rings (SSSR count). The Kier molecular flexibility index (Phi) is 4.74.